The predicted octanol–water partition coefficient (Wildman–Crippen LogP) is 2.84. The van der Waals surface area contributed by atoms with E-state index in [-0.39, 0.29) is 17.7 Å². The van der Waals surface area contributed by atoms with Crippen LogP contribution in [0.5, 0.6) is 0 Å². The van der Waals surface area contributed by atoms with Crippen LogP contribution >= 0.6 is 0 Å². The number of sulfonamides is 1. The number of H-pyrrole nitrogens is 1. The Bertz CT molecular complexity index is 1070. The third-order valence-electron chi connectivity index (χ3n) is 5.83. The van der Waals surface area contributed by atoms with E-state index in [0.29, 0.717) is 18.3 Å². The van der Waals surface area contributed by atoms with Gasteiger partial charge in [0.05, 0.1) is 17.5 Å². The zero-order chi connectivity index (χ0) is 19.9. The van der Waals surface area contributed by atoms with Crippen molar-refractivity contribution in [2.45, 2.75) is 58.4 Å². The third kappa shape index (κ3) is 3.65. The first kappa shape index (κ1) is 19.3. The van der Waals surface area contributed by atoms with E-state index in [9.17, 15) is 8.42 Å². The van der Waals surface area contributed by atoms with Crippen LogP contribution in [0.2, 0.25) is 0 Å². The molecule has 0 spiro atoms. The molecule has 0 aromatic carbocycles. The minimum atomic E-state index is -3.26. The van der Waals surface area contributed by atoms with E-state index in [0.717, 1.165) is 41.9 Å². The number of aromatic amines is 1. The molecule has 0 amide bonds. The van der Waals surface area contributed by atoms with Gasteiger partial charge in [-0.15, -0.1) is 10.2 Å². The SMILES string of the molecule is CC[C@@H]1C[C@H](NS(=O)(=O)CCC(C)C)C[C@@H]1c1nnc2cnc3[nH]ccc3n12. The van der Waals surface area contributed by atoms with E-state index < -0.39 is 10.0 Å². The van der Waals surface area contributed by atoms with Gasteiger partial charge < -0.3 is 4.98 Å². The molecule has 0 bridgehead atoms. The van der Waals surface area contributed by atoms with Crippen LogP contribution in [0.3, 0.4) is 0 Å². The Morgan fingerprint density at radius 3 is 2.89 bits per heavy atom. The average molecular weight is 405 g/mol. The Kier molecular flexibility index (Phi) is 5.13. The van der Waals surface area contributed by atoms with Crippen LogP contribution in [-0.4, -0.2) is 44.8 Å². The zero-order valence-electron chi connectivity index (χ0n) is 16.6. The minimum absolute atomic E-state index is 0.0528. The molecule has 3 aromatic heterocycles. The molecule has 1 saturated carbocycles. The summed E-state index contributed by atoms with van der Waals surface area (Å²) in [4.78, 5) is 7.50. The first-order valence-corrected chi connectivity index (χ1v) is 11.7. The molecule has 0 radical (unpaired) electrons. The molecule has 0 unspecified atom stereocenters. The van der Waals surface area contributed by atoms with Gasteiger partial charge in [-0.1, -0.05) is 27.2 Å². The summed E-state index contributed by atoms with van der Waals surface area (Å²) in [5, 5.41) is 8.79. The number of hydrogen-bond donors (Lipinski definition) is 2. The highest BCUT2D eigenvalue weighted by molar-refractivity contribution is 7.89. The van der Waals surface area contributed by atoms with Crippen molar-refractivity contribution in [2.75, 3.05) is 5.75 Å². The molecule has 9 heteroatoms. The van der Waals surface area contributed by atoms with Crippen molar-refractivity contribution >= 4 is 26.8 Å². The quantitative estimate of drug-likeness (QED) is 0.630. The molecule has 1 aliphatic rings. The molecule has 28 heavy (non-hydrogen) atoms. The molecule has 2 N–H and O–H groups in total. The van der Waals surface area contributed by atoms with Gasteiger partial charge in [0.25, 0.3) is 0 Å². The Hall–Kier alpha value is -2.00. The Morgan fingerprint density at radius 2 is 2.14 bits per heavy atom. The van der Waals surface area contributed by atoms with Gasteiger partial charge in [-0.25, -0.2) is 18.1 Å². The van der Waals surface area contributed by atoms with Gasteiger partial charge in [0.2, 0.25) is 10.0 Å². The van der Waals surface area contributed by atoms with Gasteiger partial charge in [-0.2, -0.15) is 0 Å². The van der Waals surface area contributed by atoms with E-state index in [2.05, 4.69) is 36.2 Å². The van der Waals surface area contributed by atoms with E-state index in [1.807, 2.05) is 26.1 Å². The number of nitrogens with zero attached hydrogens (tertiary/aromatic N) is 4. The van der Waals surface area contributed by atoms with Crippen molar-refractivity contribution in [3.63, 3.8) is 0 Å². The number of fused-ring (bicyclic) bond motifs is 3. The Balaban J connectivity index is 1.60. The van der Waals surface area contributed by atoms with Crippen molar-refractivity contribution in [3.8, 4) is 0 Å². The van der Waals surface area contributed by atoms with Crippen LogP contribution in [0.15, 0.2) is 18.5 Å². The number of aromatic nitrogens is 5. The highest BCUT2D eigenvalue weighted by atomic mass is 32.2. The number of rotatable bonds is 7. The second-order valence-electron chi connectivity index (χ2n) is 8.28. The lowest BCUT2D eigenvalue weighted by Gasteiger charge is -2.16. The summed E-state index contributed by atoms with van der Waals surface area (Å²) in [6.07, 6.45) is 6.81. The van der Waals surface area contributed by atoms with Gasteiger partial charge in [0.1, 0.15) is 5.82 Å². The summed E-state index contributed by atoms with van der Waals surface area (Å²) in [5.41, 5.74) is 2.47. The van der Waals surface area contributed by atoms with Crippen molar-refractivity contribution in [3.05, 3.63) is 24.3 Å². The fraction of sp³-hybridized carbons (Fsp3) is 0.632. The molecule has 0 saturated heterocycles. The lowest BCUT2D eigenvalue weighted by atomic mass is 9.93. The lowest BCUT2D eigenvalue weighted by molar-refractivity contribution is 0.449. The van der Waals surface area contributed by atoms with Crippen LogP contribution in [0.25, 0.3) is 16.8 Å². The summed E-state index contributed by atoms with van der Waals surface area (Å²) in [6.45, 7) is 6.24. The summed E-state index contributed by atoms with van der Waals surface area (Å²) in [7, 11) is -3.26. The largest absolute Gasteiger partial charge is 0.345 e. The molecule has 1 aliphatic carbocycles. The maximum atomic E-state index is 12.5. The lowest BCUT2D eigenvalue weighted by Crippen LogP contribution is -2.35. The first-order valence-electron chi connectivity index (χ1n) is 10.0. The molecule has 1 fully saturated rings. The standard InChI is InChI=1S/C19H28N6O2S/c1-4-13-9-14(24-28(26,27)8-6-12(2)3)10-15(13)19-23-22-17-11-21-18-16(25(17)19)5-7-20-18/h5,7,11-15,20,24H,4,6,8-10H2,1-3H3/t13-,14+,15+/m1/s1. The monoisotopic (exact) mass is 404 g/mol. The molecular weight excluding hydrogens is 376 g/mol. The summed E-state index contributed by atoms with van der Waals surface area (Å²) in [5.74, 6) is 1.99. The van der Waals surface area contributed by atoms with Gasteiger partial charge in [0, 0.05) is 18.2 Å². The van der Waals surface area contributed by atoms with Gasteiger partial charge in [0.15, 0.2) is 11.3 Å². The Labute approximate surface area is 165 Å². The van der Waals surface area contributed by atoms with Crippen LogP contribution in [0.1, 0.15) is 58.2 Å². The summed E-state index contributed by atoms with van der Waals surface area (Å²) in [6, 6.07) is 1.92. The van der Waals surface area contributed by atoms with Crippen LogP contribution < -0.4 is 4.72 Å². The Morgan fingerprint density at radius 1 is 1.32 bits per heavy atom. The summed E-state index contributed by atoms with van der Waals surface area (Å²) >= 11 is 0. The molecule has 3 heterocycles. The highest BCUT2D eigenvalue weighted by Gasteiger charge is 2.38. The topological polar surface area (TPSA) is 105 Å². The molecule has 4 rings (SSSR count). The predicted molar refractivity (Wildman–Crippen MR) is 109 cm³/mol. The van der Waals surface area contributed by atoms with E-state index in [1.54, 1.807) is 6.20 Å². The van der Waals surface area contributed by atoms with Crippen molar-refractivity contribution in [2.24, 2.45) is 11.8 Å². The van der Waals surface area contributed by atoms with E-state index in [1.165, 1.54) is 0 Å². The number of nitrogens with one attached hydrogen (secondary N) is 2. The smallest absolute Gasteiger partial charge is 0.211 e. The van der Waals surface area contributed by atoms with Crippen LogP contribution in [0, 0.1) is 11.8 Å². The van der Waals surface area contributed by atoms with Crippen LogP contribution in [0.4, 0.5) is 0 Å². The van der Waals surface area contributed by atoms with Crippen LogP contribution in [-0.2, 0) is 10.0 Å². The van der Waals surface area contributed by atoms with E-state index >= 15 is 0 Å². The zero-order valence-corrected chi connectivity index (χ0v) is 17.4. The van der Waals surface area contributed by atoms with Crippen molar-refractivity contribution in [1.82, 2.24) is 29.3 Å². The summed E-state index contributed by atoms with van der Waals surface area (Å²) < 4.78 is 30.0. The second-order valence-corrected chi connectivity index (χ2v) is 10.2. The second kappa shape index (κ2) is 7.44. The highest BCUT2D eigenvalue weighted by Crippen LogP contribution is 2.41. The van der Waals surface area contributed by atoms with E-state index in [4.69, 9.17) is 0 Å². The number of hydrogen-bond acceptors (Lipinski definition) is 5. The van der Waals surface area contributed by atoms with Crippen molar-refractivity contribution in [1.29, 1.82) is 0 Å². The van der Waals surface area contributed by atoms with Gasteiger partial charge >= 0.3 is 0 Å². The fourth-order valence-corrected chi connectivity index (χ4v) is 5.93. The maximum absolute atomic E-state index is 12.5. The van der Waals surface area contributed by atoms with Gasteiger partial charge in [-0.3, -0.25) is 4.40 Å². The molecule has 8 nitrogen and oxygen atoms in total. The molecule has 3 aromatic rings. The first-order chi connectivity index (χ1) is 13.4. The average Bonchev–Trinajstić information content (AvgIpc) is 3.35. The normalized spacial score (nSPS) is 23.4. The molecule has 0 aliphatic heterocycles. The third-order valence-corrected chi connectivity index (χ3v) is 7.29. The minimum Gasteiger partial charge on any atom is -0.345 e. The fourth-order valence-electron chi connectivity index (χ4n) is 4.33. The maximum Gasteiger partial charge on any atom is 0.211 e. The van der Waals surface area contributed by atoms with Gasteiger partial charge in [-0.05, 0) is 37.2 Å². The molecule has 3 atom stereocenters. The van der Waals surface area contributed by atoms with Crippen molar-refractivity contribution < 1.29 is 8.42 Å². The molecule has 152 valence electrons. The molecular formula is C19H28N6O2S.